The second-order valence-electron chi connectivity index (χ2n) is 5.63. The molecule has 1 aliphatic heterocycles. The molecule has 0 spiro atoms. The van der Waals surface area contributed by atoms with Gasteiger partial charge >= 0.3 is 0 Å². The Labute approximate surface area is 165 Å². The van der Waals surface area contributed by atoms with E-state index >= 15 is 0 Å². The summed E-state index contributed by atoms with van der Waals surface area (Å²) in [5, 5.41) is 13.7. The lowest BCUT2D eigenvalue weighted by molar-refractivity contribution is -0.113. The summed E-state index contributed by atoms with van der Waals surface area (Å²) in [6, 6.07) is 8.70. The molecular formula is C17H12Cl3NO4S. The molecule has 1 heterocycles. The zero-order valence-electron chi connectivity index (χ0n) is 13.0. The predicted octanol–water partition coefficient (Wildman–Crippen LogP) is 4.16. The second-order valence-corrected chi connectivity index (χ2v) is 8.99. The van der Waals surface area contributed by atoms with Gasteiger partial charge in [-0.2, -0.15) is 0 Å². The fourth-order valence-corrected chi connectivity index (χ4v) is 4.57. The molecule has 3 rings (SSSR count). The molecule has 1 aliphatic rings. The van der Waals surface area contributed by atoms with Crippen LogP contribution in [0.4, 0.5) is 5.69 Å². The third-order valence-electron chi connectivity index (χ3n) is 3.83. The summed E-state index contributed by atoms with van der Waals surface area (Å²) >= 11 is 17.8. The molecule has 0 aromatic heterocycles. The van der Waals surface area contributed by atoms with Crippen molar-refractivity contribution in [3.05, 3.63) is 62.6 Å². The van der Waals surface area contributed by atoms with E-state index in [4.69, 9.17) is 34.8 Å². The highest BCUT2D eigenvalue weighted by molar-refractivity contribution is 7.92. The summed E-state index contributed by atoms with van der Waals surface area (Å²) in [5.41, 5.74) is -1.12. The number of anilines is 1. The highest BCUT2D eigenvalue weighted by Crippen LogP contribution is 2.32. The molecule has 0 saturated carbocycles. The van der Waals surface area contributed by atoms with Crippen molar-refractivity contribution in [1.29, 1.82) is 0 Å². The number of hydrogen-bond acceptors (Lipinski definition) is 4. The van der Waals surface area contributed by atoms with Crippen LogP contribution in [0.2, 0.25) is 15.1 Å². The zero-order valence-corrected chi connectivity index (χ0v) is 16.1. The van der Waals surface area contributed by atoms with Gasteiger partial charge in [-0.25, -0.2) is 8.42 Å². The molecule has 0 saturated heterocycles. The van der Waals surface area contributed by atoms with Gasteiger partial charge in [0.2, 0.25) is 9.84 Å². The van der Waals surface area contributed by atoms with Gasteiger partial charge in [-0.3, -0.25) is 4.79 Å². The molecule has 0 aliphatic carbocycles. The van der Waals surface area contributed by atoms with E-state index in [1.807, 2.05) is 0 Å². The van der Waals surface area contributed by atoms with E-state index in [1.54, 1.807) is 6.07 Å². The van der Waals surface area contributed by atoms with Gasteiger partial charge in [0, 0.05) is 22.0 Å². The smallest absolute Gasteiger partial charge is 0.251 e. The lowest BCUT2D eigenvalue weighted by Gasteiger charge is -2.12. The van der Waals surface area contributed by atoms with Crippen LogP contribution >= 0.6 is 34.8 Å². The SMILES string of the molecule is O=C(Nc1ccc(Cl)cc1Cl)C1=Cc2cc(Cl)ccc2S(=O)(=O)C(O)C1. The number of hydrogen-bond donors (Lipinski definition) is 2. The zero-order chi connectivity index (χ0) is 19.1. The molecule has 26 heavy (non-hydrogen) atoms. The maximum Gasteiger partial charge on any atom is 0.251 e. The first kappa shape index (κ1) is 19.2. The molecule has 0 bridgehead atoms. The number of halogens is 3. The van der Waals surface area contributed by atoms with Gasteiger partial charge in [0.05, 0.1) is 15.6 Å². The number of aliphatic hydroxyl groups excluding tert-OH is 1. The van der Waals surface area contributed by atoms with E-state index in [1.165, 1.54) is 36.4 Å². The van der Waals surface area contributed by atoms with Gasteiger partial charge in [-0.15, -0.1) is 0 Å². The van der Waals surface area contributed by atoms with E-state index in [0.717, 1.165) is 0 Å². The maximum atomic E-state index is 12.6. The van der Waals surface area contributed by atoms with Crippen LogP contribution < -0.4 is 5.32 Å². The summed E-state index contributed by atoms with van der Waals surface area (Å²) in [4.78, 5) is 12.5. The molecule has 1 amide bonds. The summed E-state index contributed by atoms with van der Waals surface area (Å²) in [5.74, 6) is -0.587. The summed E-state index contributed by atoms with van der Waals surface area (Å²) in [6.45, 7) is 0. The highest BCUT2D eigenvalue weighted by Gasteiger charge is 2.33. The lowest BCUT2D eigenvalue weighted by atomic mass is 10.1. The van der Waals surface area contributed by atoms with Crippen LogP contribution in [0.5, 0.6) is 0 Å². The predicted molar refractivity (Wildman–Crippen MR) is 102 cm³/mol. The number of amides is 1. The van der Waals surface area contributed by atoms with Crippen molar-refractivity contribution in [2.45, 2.75) is 16.8 Å². The highest BCUT2D eigenvalue weighted by atomic mass is 35.5. The Hall–Kier alpha value is -1.57. The van der Waals surface area contributed by atoms with E-state index < -0.39 is 21.2 Å². The molecule has 2 aromatic rings. The molecule has 136 valence electrons. The Morgan fingerprint density at radius 3 is 2.42 bits per heavy atom. The van der Waals surface area contributed by atoms with Gasteiger partial charge in [0.25, 0.3) is 5.91 Å². The van der Waals surface area contributed by atoms with Gasteiger partial charge < -0.3 is 10.4 Å². The summed E-state index contributed by atoms with van der Waals surface area (Å²) < 4.78 is 24.9. The Bertz CT molecular complexity index is 1030. The van der Waals surface area contributed by atoms with Gasteiger partial charge in [0.15, 0.2) is 5.44 Å². The number of nitrogens with one attached hydrogen (secondary N) is 1. The Kier molecular flexibility index (Phi) is 5.33. The van der Waals surface area contributed by atoms with Gasteiger partial charge in [-0.05, 0) is 48.0 Å². The van der Waals surface area contributed by atoms with E-state index in [-0.39, 0.29) is 27.5 Å². The van der Waals surface area contributed by atoms with Crippen molar-refractivity contribution >= 4 is 62.3 Å². The monoisotopic (exact) mass is 431 g/mol. The number of aliphatic hydroxyl groups is 1. The molecular weight excluding hydrogens is 421 g/mol. The summed E-state index contributed by atoms with van der Waals surface area (Å²) in [7, 11) is -4.01. The van der Waals surface area contributed by atoms with Crippen molar-refractivity contribution in [3.63, 3.8) is 0 Å². The average Bonchev–Trinajstić information content (AvgIpc) is 2.65. The molecule has 0 fully saturated rings. The fourth-order valence-electron chi connectivity index (χ4n) is 2.53. The van der Waals surface area contributed by atoms with Crippen molar-refractivity contribution in [1.82, 2.24) is 0 Å². The van der Waals surface area contributed by atoms with E-state index in [9.17, 15) is 18.3 Å². The topological polar surface area (TPSA) is 83.5 Å². The average molecular weight is 433 g/mol. The number of fused-ring (bicyclic) bond motifs is 1. The number of rotatable bonds is 2. The van der Waals surface area contributed by atoms with Crippen LogP contribution in [-0.2, 0) is 14.6 Å². The molecule has 9 heteroatoms. The van der Waals surface area contributed by atoms with Crippen LogP contribution in [0.15, 0.2) is 46.9 Å². The lowest BCUT2D eigenvalue weighted by Crippen LogP contribution is -2.24. The molecule has 1 atom stereocenters. The quantitative estimate of drug-likeness (QED) is 0.746. The van der Waals surface area contributed by atoms with Gasteiger partial charge in [0.1, 0.15) is 0 Å². The minimum atomic E-state index is -4.01. The van der Waals surface area contributed by atoms with E-state index in [2.05, 4.69) is 5.32 Å². The number of benzene rings is 2. The Morgan fingerprint density at radius 2 is 1.73 bits per heavy atom. The first-order valence-corrected chi connectivity index (χ1v) is 10.0. The standard InChI is InChI=1S/C17H12Cl3NO4S/c18-11-2-4-15-9(6-11)5-10(7-16(22)26(15,24)25)17(23)21-14-3-1-12(19)8-13(14)20/h1-6,8,16,22H,7H2,(H,21,23). The van der Waals surface area contributed by atoms with Gasteiger partial charge in [-0.1, -0.05) is 34.8 Å². The second kappa shape index (κ2) is 7.21. The minimum Gasteiger partial charge on any atom is -0.376 e. The summed E-state index contributed by atoms with van der Waals surface area (Å²) in [6.07, 6.45) is 1.03. The Morgan fingerprint density at radius 1 is 1.08 bits per heavy atom. The van der Waals surface area contributed by atoms with Crippen molar-refractivity contribution in [2.24, 2.45) is 0 Å². The van der Waals surface area contributed by atoms with Crippen molar-refractivity contribution in [3.8, 4) is 0 Å². The fraction of sp³-hybridized carbons (Fsp3) is 0.118. The molecule has 5 nitrogen and oxygen atoms in total. The Balaban J connectivity index is 2.00. The maximum absolute atomic E-state index is 12.6. The van der Waals surface area contributed by atoms with E-state index in [0.29, 0.717) is 15.7 Å². The van der Waals surface area contributed by atoms with Crippen molar-refractivity contribution in [2.75, 3.05) is 5.32 Å². The van der Waals surface area contributed by atoms with Crippen LogP contribution in [0.3, 0.4) is 0 Å². The number of carbonyl (C=O) groups is 1. The molecule has 0 radical (unpaired) electrons. The third-order valence-corrected chi connectivity index (χ3v) is 6.48. The number of sulfone groups is 1. The molecule has 1 unspecified atom stereocenters. The van der Waals surface area contributed by atoms with Crippen LogP contribution in [-0.4, -0.2) is 24.9 Å². The first-order chi connectivity index (χ1) is 12.2. The van der Waals surface area contributed by atoms with Crippen LogP contribution in [0.25, 0.3) is 6.08 Å². The molecule has 2 N–H and O–H groups in total. The number of carbonyl (C=O) groups excluding carboxylic acids is 1. The van der Waals surface area contributed by atoms with Crippen LogP contribution in [0, 0.1) is 0 Å². The largest absolute Gasteiger partial charge is 0.376 e. The third kappa shape index (κ3) is 3.75. The normalized spacial score (nSPS) is 18.5. The van der Waals surface area contributed by atoms with Crippen molar-refractivity contribution < 1.29 is 18.3 Å². The first-order valence-electron chi connectivity index (χ1n) is 7.37. The van der Waals surface area contributed by atoms with Crippen LogP contribution in [0.1, 0.15) is 12.0 Å². The minimum absolute atomic E-state index is 0.0770. The molecule has 2 aromatic carbocycles.